The van der Waals surface area contributed by atoms with Gasteiger partial charge in [-0.25, -0.2) is 21.6 Å². The molecule has 1 amide bonds. The van der Waals surface area contributed by atoms with Gasteiger partial charge in [0.15, 0.2) is 25.6 Å². The van der Waals surface area contributed by atoms with Crippen LogP contribution in [0.25, 0.3) is 0 Å². The van der Waals surface area contributed by atoms with Crippen molar-refractivity contribution < 1.29 is 31.2 Å². The zero-order valence-corrected chi connectivity index (χ0v) is 24.5. The Morgan fingerprint density at radius 3 is 1.53 bits per heavy atom. The van der Waals surface area contributed by atoms with Crippen molar-refractivity contribution in [3.63, 3.8) is 0 Å². The lowest BCUT2D eigenvalue weighted by Crippen LogP contribution is -2.24. The summed E-state index contributed by atoms with van der Waals surface area (Å²) in [6, 6.07) is 6.23. The van der Waals surface area contributed by atoms with Crippen LogP contribution in [0.3, 0.4) is 0 Å². The molecule has 12 heteroatoms. The second-order valence-corrected chi connectivity index (χ2v) is 12.9. The van der Waals surface area contributed by atoms with Gasteiger partial charge in [-0.1, -0.05) is 38.8 Å². The number of amides is 1. The number of aryl methyl sites for hydroxylation is 4. The molecule has 0 aliphatic rings. The average molecular weight is 568 g/mol. The van der Waals surface area contributed by atoms with Gasteiger partial charge in [0.25, 0.3) is 5.91 Å². The predicted molar refractivity (Wildman–Crippen MR) is 148 cm³/mol. The van der Waals surface area contributed by atoms with E-state index >= 15 is 0 Å². The number of sulfone groups is 2. The summed E-state index contributed by atoms with van der Waals surface area (Å²) >= 11 is 0. The van der Waals surface area contributed by atoms with Gasteiger partial charge in [-0.2, -0.15) is 4.99 Å². The van der Waals surface area contributed by atoms with Crippen LogP contribution in [0.4, 0.5) is 0 Å². The third-order valence-corrected chi connectivity index (χ3v) is 7.88. The van der Waals surface area contributed by atoms with E-state index in [2.05, 4.69) is 9.73 Å². The predicted octanol–water partition coefficient (Wildman–Crippen LogP) is 2.90. The number of nitrogens with two attached hydrogens (primary N) is 2. The van der Waals surface area contributed by atoms with Crippen LogP contribution in [0.2, 0.25) is 0 Å². The van der Waals surface area contributed by atoms with Crippen LogP contribution < -0.4 is 11.5 Å². The smallest absolute Gasteiger partial charge is 0.338 e. The molecule has 0 fully saturated rings. The maximum atomic E-state index is 11.9. The Morgan fingerprint density at radius 2 is 1.18 bits per heavy atom. The fraction of sp³-hybridized carbons (Fsp3) is 0.423. The molecule has 0 saturated carbocycles. The molecule has 38 heavy (non-hydrogen) atoms. The van der Waals surface area contributed by atoms with Gasteiger partial charge < -0.3 is 16.2 Å². The van der Waals surface area contributed by atoms with Gasteiger partial charge in [0.2, 0.25) is 0 Å². The van der Waals surface area contributed by atoms with Crippen LogP contribution in [0.1, 0.15) is 69.7 Å². The van der Waals surface area contributed by atoms with Gasteiger partial charge in [0, 0.05) is 18.1 Å². The summed E-state index contributed by atoms with van der Waals surface area (Å²) in [7, 11) is -5.48. The van der Waals surface area contributed by atoms with Crippen molar-refractivity contribution in [1.82, 2.24) is 0 Å². The van der Waals surface area contributed by atoms with Gasteiger partial charge in [0.1, 0.15) is 0 Å². The van der Waals surface area contributed by atoms with E-state index in [-0.39, 0.29) is 21.3 Å². The number of esters is 1. The second-order valence-electron chi connectivity index (χ2n) is 8.93. The Bertz CT molecular complexity index is 1440. The number of rotatable bonds is 8. The quantitative estimate of drug-likeness (QED) is 0.276. The fourth-order valence-corrected chi connectivity index (χ4v) is 5.79. The molecular formula is C26H37N3O7S2. The normalized spacial score (nSPS) is 11.2. The van der Waals surface area contributed by atoms with Gasteiger partial charge in [-0.05, 0) is 61.1 Å². The van der Waals surface area contributed by atoms with E-state index in [0.29, 0.717) is 29.5 Å². The highest BCUT2D eigenvalue weighted by molar-refractivity contribution is 7.91. The highest BCUT2D eigenvalue weighted by Gasteiger charge is 2.20. The number of guanidine groups is 1. The number of nitrogens with zero attached hydrogens (tertiary/aromatic N) is 1. The maximum absolute atomic E-state index is 11.9. The number of carbonyl (C=O) groups is 2. The number of ether oxygens (including phenoxy) is 1. The van der Waals surface area contributed by atoms with Gasteiger partial charge >= 0.3 is 5.97 Å². The highest BCUT2D eigenvalue weighted by atomic mass is 32.2. The molecule has 0 radical (unpaired) electrons. The fourth-order valence-electron chi connectivity index (χ4n) is 3.85. The van der Waals surface area contributed by atoms with E-state index in [1.54, 1.807) is 26.0 Å². The van der Waals surface area contributed by atoms with E-state index in [0.717, 1.165) is 36.5 Å². The Morgan fingerprint density at radius 1 is 0.789 bits per heavy atom. The summed E-state index contributed by atoms with van der Waals surface area (Å²) in [6.07, 6.45) is 5.22. The molecular weight excluding hydrogens is 530 g/mol. The molecule has 210 valence electrons. The zero-order chi connectivity index (χ0) is 29.4. The van der Waals surface area contributed by atoms with Crippen molar-refractivity contribution in [1.29, 1.82) is 0 Å². The number of methoxy groups -OCH3 is 1. The van der Waals surface area contributed by atoms with Crippen molar-refractivity contribution in [3.05, 3.63) is 57.6 Å². The first-order valence-corrected chi connectivity index (χ1v) is 15.7. The topological polar surface area (TPSA) is 176 Å². The number of hydrogen-bond donors (Lipinski definition) is 2. The molecule has 0 bridgehead atoms. The minimum atomic E-state index is -3.42. The standard InChI is InChI=1S/C13H19N3O3S.C13H18O4S/c1-4-5-9-6-8(2)10(12(17)16-13(14)15)7-11(9)20(3,18)19;1-5-6-10-7-9(2)11(13(14)17-3)8-12(10)18(4,15)16/h6-7H,4-5H2,1-3H3,(H4,14,15,16,17);7-8H,5-6H2,1-4H3. The van der Waals surface area contributed by atoms with E-state index in [1.165, 1.54) is 19.2 Å². The van der Waals surface area contributed by atoms with Crippen molar-refractivity contribution in [3.8, 4) is 0 Å². The van der Waals surface area contributed by atoms with Crippen molar-refractivity contribution in [2.75, 3.05) is 19.6 Å². The van der Waals surface area contributed by atoms with Gasteiger partial charge in [-0.15, -0.1) is 0 Å². The summed E-state index contributed by atoms with van der Waals surface area (Å²) in [5.74, 6) is -1.51. The third kappa shape index (κ3) is 8.95. The van der Waals surface area contributed by atoms with Crippen molar-refractivity contribution in [2.45, 2.75) is 63.2 Å². The average Bonchev–Trinajstić information content (AvgIpc) is 2.77. The van der Waals surface area contributed by atoms with E-state index in [1.807, 2.05) is 13.8 Å². The van der Waals surface area contributed by atoms with Crippen LogP contribution in [-0.4, -0.2) is 54.3 Å². The number of aliphatic imine (C=N–C) groups is 1. The SMILES string of the molecule is CCCc1cc(C)c(C(=O)N=C(N)N)cc1S(C)(=O)=O.CCCc1cc(C)c(C(=O)OC)cc1S(C)(=O)=O. The van der Waals surface area contributed by atoms with E-state index in [9.17, 15) is 26.4 Å². The lowest BCUT2D eigenvalue weighted by Gasteiger charge is -2.12. The number of carbonyl (C=O) groups excluding carboxylic acids is 2. The Kier molecular flexibility index (Phi) is 11.7. The summed E-state index contributed by atoms with van der Waals surface area (Å²) in [6.45, 7) is 7.44. The van der Waals surface area contributed by atoms with E-state index < -0.39 is 31.6 Å². The molecule has 0 aliphatic carbocycles. The first kappa shape index (κ1) is 32.8. The summed E-state index contributed by atoms with van der Waals surface area (Å²) in [5, 5.41) is 0. The number of benzene rings is 2. The van der Waals surface area contributed by atoms with Crippen molar-refractivity contribution in [2.24, 2.45) is 16.5 Å². The zero-order valence-electron chi connectivity index (χ0n) is 22.9. The lowest BCUT2D eigenvalue weighted by atomic mass is 10.0. The molecule has 2 aromatic rings. The molecule has 0 saturated heterocycles. The summed E-state index contributed by atoms with van der Waals surface area (Å²) in [4.78, 5) is 27.3. The molecule has 0 unspecified atom stereocenters. The highest BCUT2D eigenvalue weighted by Crippen LogP contribution is 2.24. The van der Waals surface area contributed by atoms with Crippen LogP contribution in [-0.2, 0) is 37.3 Å². The first-order valence-electron chi connectivity index (χ1n) is 11.9. The second kappa shape index (κ2) is 13.5. The maximum Gasteiger partial charge on any atom is 0.338 e. The van der Waals surface area contributed by atoms with Gasteiger partial charge in [0.05, 0.1) is 22.5 Å². The van der Waals surface area contributed by atoms with Crippen LogP contribution >= 0.6 is 0 Å². The molecule has 0 aliphatic heterocycles. The van der Waals surface area contributed by atoms with Crippen molar-refractivity contribution >= 4 is 37.5 Å². The Balaban J connectivity index is 0.000000382. The molecule has 0 spiro atoms. The molecule has 0 atom stereocenters. The minimum Gasteiger partial charge on any atom is -0.465 e. The van der Waals surface area contributed by atoms with Crippen LogP contribution in [0, 0.1) is 13.8 Å². The Hall–Kier alpha value is -3.25. The Labute approximate surface area is 225 Å². The minimum absolute atomic E-state index is 0.152. The van der Waals surface area contributed by atoms with Crippen LogP contribution in [0.15, 0.2) is 39.0 Å². The summed E-state index contributed by atoms with van der Waals surface area (Å²) in [5.41, 5.74) is 13.7. The van der Waals surface area contributed by atoms with Gasteiger partial charge in [-0.3, -0.25) is 4.79 Å². The largest absolute Gasteiger partial charge is 0.465 e. The first-order chi connectivity index (χ1) is 17.5. The van der Waals surface area contributed by atoms with E-state index in [4.69, 9.17) is 11.5 Å². The van der Waals surface area contributed by atoms with Crippen LogP contribution in [0.5, 0.6) is 0 Å². The molecule has 0 heterocycles. The lowest BCUT2D eigenvalue weighted by molar-refractivity contribution is 0.0599. The number of hydrogen-bond acceptors (Lipinski definition) is 7. The molecule has 0 aromatic heterocycles. The summed E-state index contributed by atoms with van der Waals surface area (Å²) < 4.78 is 51.8. The molecule has 4 N–H and O–H groups in total. The third-order valence-electron chi connectivity index (χ3n) is 5.52. The molecule has 2 aromatic carbocycles. The monoisotopic (exact) mass is 567 g/mol. The molecule has 2 rings (SSSR count). The molecule has 10 nitrogen and oxygen atoms in total.